The molecule has 16 heavy (non-hydrogen) atoms. The van der Waals surface area contributed by atoms with Crippen molar-refractivity contribution in [2.45, 2.75) is 25.3 Å². The van der Waals surface area contributed by atoms with Crippen LogP contribution in [0.5, 0.6) is 0 Å². The molecule has 1 atom stereocenters. The van der Waals surface area contributed by atoms with Crippen LogP contribution in [0.2, 0.25) is 0 Å². The summed E-state index contributed by atoms with van der Waals surface area (Å²) in [6.07, 6.45) is 1.82. The lowest BCUT2D eigenvalue weighted by Crippen LogP contribution is -2.19. The molecular formula is C12H18N4. The number of fused-ring (bicyclic) bond motifs is 1. The van der Waals surface area contributed by atoms with Gasteiger partial charge in [0.25, 0.3) is 0 Å². The number of nitrogens with one attached hydrogen (secondary N) is 1. The monoisotopic (exact) mass is 218 g/mol. The molecule has 1 aliphatic heterocycles. The third-order valence-corrected chi connectivity index (χ3v) is 3.10. The summed E-state index contributed by atoms with van der Waals surface area (Å²) < 4.78 is 0. The van der Waals surface area contributed by atoms with Gasteiger partial charge in [0.05, 0.1) is 0 Å². The molecule has 4 nitrogen and oxygen atoms in total. The van der Waals surface area contributed by atoms with Crippen molar-refractivity contribution in [1.82, 2.24) is 5.32 Å². The minimum absolute atomic E-state index is 0.429. The molecule has 0 fully saturated rings. The maximum atomic E-state index is 5.72. The van der Waals surface area contributed by atoms with Gasteiger partial charge in [-0.2, -0.15) is 5.10 Å². The molecule has 0 saturated heterocycles. The van der Waals surface area contributed by atoms with Gasteiger partial charge in [0.1, 0.15) is 5.84 Å². The van der Waals surface area contributed by atoms with Crippen LogP contribution in [0.25, 0.3) is 0 Å². The number of hydrogen-bond acceptors (Lipinski definition) is 3. The lowest BCUT2D eigenvalue weighted by atomic mass is 9.90. The quantitative estimate of drug-likeness (QED) is 0.298. The summed E-state index contributed by atoms with van der Waals surface area (Å²) in [6, 6.07) is 8.49. The summed E-state index contributed by atoms with van der Waals surface area (Å²) >= 11 is 0. The number of hydrogen-bond donors (Lipinski definition) is 3. The highest BCUT2D eigenvalue weighted by Crippen LogP contribution is 2.28. The Morgan fingerprint density at radius 2 is 2.25 bits per heavy atom. The van der Waals surface area contributed by atoms with Crippen LogP contribution in [0.4, 0.5) is 0 Å². The van der Waals surface area contributed by atoms with E-state index in [1.807, 2.05) is 0 Å². The maximum absolute atomic E-state index is 5.72. The van der Waals surface area contributed by atoms with E-state index >= 15 is 0 Å². The zero-order valence-electron chi connectivity index (χ0n) is 9.32. The largest absolute Gasteiger partial charge is 0.386 e. The molecule has 1 heterocycles. The molecule has 1 unspecified atom stereocenters. The second-order valence-electron chi connectivity index (χ2n) is 4.19. The van der Waals surface area contributed by atoms with Gasteiger partial charge >= 0.3 is 0 Å². The van der Waals surface area contributed by atoms with Gasteiger partial charge in [0.15, 0.2) is 0 Å². The fourth-order valence-corrected chi connectivity index (χ4v) is 2.27. The Morgan fingerprint density at radius 1 is 1.44 bits per heavy atom. The highest BCUT2D eigenvalue weighted by atomic mass is 15.1. The number of nitrogens with two attached hydrogens (primary N) is 2. The fraction of sp³-hybridized carbons (Fsp3) is 0.417. The zero-order valence-corrected chi connectivity index (χ0v) is 9.32. The topological polar surface area (TPSA) is 76.4 Å². The van der Waals surface area contributed by atoms with E-state index in [0.29, 0.717) is 11.8 Å². The molecule has 0 saturated carbocycles. The van der Waals surface area contributed by atoms with Crippen molar-refractivity contribution in [3.63, 3.8) is 0 Å². The van der Waals surface area contributed by atoms with E-state index in [2.05, 4.69) is 34.7 Å². The van der Waals surface area contributed by atoms with Crippen molar-refractivity contribution >= 4 is 5.84 Å². The van der Waals surface area contributed by atoms with E-state index in [-0.39, 0.29) is 0 Å². The normalized spacial score (nSPS) is 21.2. The zero-order chi connectivity index (χ0) is 11.4. The van der Waals surface area contributed by atoms with Gasteiger partial charge in [0.2, 0.25) is 0 Å². The first kappa shape index (κ1) is 11.0. The van der Waals surface area contributed by atoms with Crippen LogP contribution in [0.15, 0.2) is 29.4 Å². The van der Waals surface area contributed by atoms with E-state index in [1.54, 1.807) is 0 Å². The summed E-state index contributed by atoms with van der Waals surface area (Å²) in [5.41, 5.74) is 8.45. The summed E-state index contributed by atoms with van der Waals surface area (Å²) in [5.74, 6) is 6.15. The molecule has 86 valence electrons. The molecule has 5 N–H and O–H groups in total. The Balaban J connectivity index is 2.25. The second kappa shape index (κ2) is 4.99. The van der Waals surface area contributed by atoms with E-state index < -0.39 is 0 Å². The molecule has 1 aromatic carbocycles. The van der Waals surface area contributed by atoms with E-state index in [0.717, 1.165) is 25.9 Å². The lowest BCUT2D eigenvalue weighted by Gasteiger charge is -2.16. The molecule has 0 radical (unpaired) electrons. The van der Waals surface area contributed by atoms with Crippen LogP contribution in [-0.2, 0) is 6.54 Å². The van der Waals surface area contributed by atoms with Crippen molar-refractivity contribution < 1.29 is 0 Å². The SMILES string of the molecule is N/N=C(\N)CC1CCNCc2ccccc21. The lowest BCUT2D eigenvalue weighted by molar-refractivity contribution is 0.610. The Morgan fingerprint density at radius 3 is 3.06 bits per heavy atom. The average Bonchev–Trinajstić information content (AvgIpc) is 2.52. The molecule has 0 spiro atoms. The van der Waals surface area contributed by atoms with E-state index in [1.165, 1.54) is 11.1 Å². The van der Waals surface area contributed by atoms with Gasteiger partial charge in [-0.25, -0.2) is 0 Å². The molecule has 0 aromatic heterocycles. The summed E-state index contributed by atoms with van der Waals surface area (Å²) in [4.78, 5) is 0. The first-order valence-corrected chi connectivity index (χ1v) is 5.62. The molecule has 1 aromatic rings. The summed E-state index contributed by atoms with van der Waals surface area (Å²) in [7, 11) is 0. The van der Waals surface area contributed by atoms with Crippen LogP contribution in [0, 0.1) is 0 Å². The highest BCUT2D eigenvalue weighted by molar-refractivity contribution is 5.80. The molecule has 4 heteroatoms. The van der Waals surface area contributed by atoms with Crippen molar-refractivity contribution in [1.29, 1.82) is 0 Å². The summed E-state index contributed by atoms with van der Waals surface area (Å²) in [6.45, 7) is 1.95. The van der Waals surface area contributed by atoms with Crippen molar-refractivity contribution in [3.8, 4) is 0 Å². The van der Waals surface area contributed by atoms with Crippen LogP contribution in [0.1, 0.15) is 29.9 Å². The third kappa shape index (κ3) is 2.33. The highest BCUT2D eigenvalue weighted by Gasteiger charge is 2.18. The number of nitrogens with zero attached hydrogens (tertiary/aromatic N) is 1. The molecule has 2 rings (SSSR count). The molecule has 0 aliphatic carbocycles. The first-order chi connectivity index (χ1) is 7.81. The number of benzene rings is 1. The standard InChI is InChI=1S/C12H18N4/c13-12(16-14)7-9-5-6-15-8-10-3-1-2-4-11(9)10/h1-4,9,15H,5-8,14H2,(H2,13,16). The Hall–Kier alpha value is -1.55. The Kier molecular flexibility index (Phi) is 3.41. The minimum atomic E-state index is 0.429. The van der Waals surface area contributed by atoms with Crippen LogP contribution in [0.3, 0.4) is 0 Å². The number of amidine groups is 1. The maximum Gasteiger partial charge on any atom is 0.119 e. The van der Waals surface area contributed by atoms with Crippen molar-refractivity contribution in [2.75, 3.05) is 6.54 Å². The van der Waals surface area contributed by atoms with Gasteiger partial charge in [-0.1, -0.05) is 24.3 Å². The smallest absolute Gasteiger partial charge is 0.119 e. The number of rotatable bonds is 2. The van der Waals surface area contributed by atoms with Crippen molar-refractivity contribution in [2.24, 2.45) is 16.7 Å². The van der Waals surface area contributed by atoms with Gasteiger partial charge in [-0.05, 0) is 30.0 Å². The predicted octanol–water partition coefficient (Wildman–Crippen LogP) is 0.884. The Bertz CT molecular complexity index is 386. The Labute approximate surface area is 95.7 Å². The van der Waals surface area contributed by atoms with Crippen LogP contribution in [-0.4, -0.2) is 12.4 Å². The molecule has 0 amide bonds. The van der Waals surface area contributed by atoms with Crippen LogP contribution >= 0.6 is 0 Å². The molecule has 1 aliphatic rings. The fourth-order valence-electron chi connectivity index (χ4n) is 2.27. The van der Waals surface area contributed by atoms with Gasteiger partial charge in [0, 0.05) is 13.0 Å². The summed E-state index contributed by atoms with van der Waals surface area (Å²) in [5, 5.41) is 6.97. The second-order valence-corrected chi connectivity index (χ2v) is 4.19. The van der Waals surface area contributed by atoms with E-state index in [9.17, 15) is 0 Å². The van der Waals surface area contributed by atoms with Gasteiger partial charge in [-0.15, -0.1) is 0 Å². The van der Waals surface area contributed by atoms with Gasteiger partial charge < -0.3 is 16.9 Å². The molecule has 0 bridgehead atoms. The van der Waals surface area contributed by atoms with Crippen molar-refractivity contribution in [3.05, 3.63) is 35.4 Å². The number of hydrazone groups is 1. The minimum Gasteiger partial charge on any atom is -0.386 e. The molecular weight excluding hydrogens is 200 g/mol. The van der Waals surface area contributed by atoms with Crippen LogP contribution < -0.4 is 16.9 Å². The third-order valence-electron chi connectivity index (χ3n) is 3.10. The van der Waals surface area contributed by atoms with E-state index in [4.69, 9.17) is 11.6 Å². The first-order valence-electron chi connectivity index (χ1n) is 5.62. The van der Waals surface area contributed by atoms with Gasteiger partial charge in [-0.3, -0.25) is 0 Å². The average molecular weight is 218 g/mol. The predicted molar refractivity (Wildman–Crippen MR) is 65.9 cm³/mol.